The molecule has 0 aliphatic carbocycles. The third-order valence-electron chi connectivity index (χ3n) is 2.97. The van der Waals surface area contributed by atoms with Crippen LogP contribution < -0.4 is 5.32 Å². The molecule has 0 aliphatic heterocycles. The monoisotopic (exact) mass is 288 g/mol. The molecule has 1 amide bonds. The van der Waals surface area contributed by atoms with Crippen molar-refractivity contribution < 1.29 is 14.7 Å². The molecule has 0 unspecified atom stereocenters. The van der Waals surface area contributed by atoms with Crippen molar-refractivity contribution >= 4 is 11.9 Å². The van der Waals surface area contributed by atoms with Gasteiger partial charge in [0.15, 0.2) is 0 Å². The molecular formula is C14H16N4O3. The quantitative estimate of drug-likeness (QED) is 0.772. The highest BCUT2D eigenvalue weighted by Gasteiger charge is 2.19. The van der Waals surface area contributed by atoms with Crippen LogP contribution in [0.1, 0.15) is 12.0 Å². The number of amides is 1. The number of nitrogens with zero attached hydrogens (tertiary/aromatic N) is 3. The number of carboxylic acid groups (broad SMARTS) is 1. The first kappa shape index (κ1) is 14.7. The Morgan fingerprint density at radius 1 is 1.29 bits per heavy atom. The number of hydrogen-bond donors (Lipinski definition) is 2. The Morgan fingerprint density at radius 3 is 2.67 bits per heavy atom. The Kier molecular flexibility index (Phi) is 5.03. The van der Waals surface area contributed by atoms with Crippen molar-refractivity contribution in [2.75, 3.05) is 0 Å². The van der Waals surface area contributed by atoms with Gasteiger partial charge in [0.2, 0.25) is 5.91 Å². The zero-order valence-corrected chi connectivity index (χ0v) is 11.3. The molecule has 1 aromatic heterocycles. The standard InChI is InChI=1S/C14H16N4O3/c19-13(8-18-10-15-9-16-18)17-12(14(20)21)7-6-11-4-2-1-3-5-11/h1-5,9-10,12H,6-8H2,(H,17,19)(H,20,21)/t12-/m0/s1. The molecule has 0 spiro atoms. The number of aryl methyl sites for hydroxylation is 1. The summed E-state index contributed by atoms with van der Waals surface area (Å²) in [6.45, 7) is -0.0465. The molecule has 0 aliphatic rings. The Balaban J connectivity index is 1.87. The highest BCUT2D eigenvalue weighted by Crippen LogP contribution is 2.05. The molecular weight excluding hydrogens is 272 g/mol. The second kappa shape index (κ2) is 7.18. The van der Waals surface area contributed by atoms with Gasteiger partial charge in [-0.15, -0.1) is 0 Å². The fraction of sp³-hybridized carbons (Fsp3) is 0.286. The van der Waals surface area contributed by atoms with E-state index in [1.807, 2.05) is 30.3 Å². The van der Waals surface area contributed by atoms with Crippen LogP contribution in [0, 0.1) is 0 Å². The highest BCUT2D eigenvalue weighted by atomic mass is 16.4. The van der Waals surface area contributed by atoms with Crippen LogP contribution in [0.25, 0.3) is 0 Å². The van der Waals surface area contributed by atoms with E-state index in [0.29, 0.717) is 12.8 Å². The third-order valence-corrected chi connectivity index (χ3v) is 2.97. The SMILES string of the molecule is O=C(Cn1cncn1)N[C@@H](CCc1ccccc1)C(=O)O. The molecule has 2 aromatic rings. The van der Waals surface area contributed by atoms with Crippen LogP contribution in [0.2, 0.25) is 0 Å². The Labute approximate surface area is 121 Å². The number of rotatable bonds is 7. The minimum atomic E-state index is -1.04. The van der Waals surface area contributed by atoms with Gasteiger partial charge in [0.25, 0.3) is 0 Å². The second-order valence-corrected chi connectivity index (χ2v) is 4.58. The van der Waals surface area contributed by atoms with E-state index in [9.17, 15) is 14.7 Å². The molecule has 1 heterocycles. The molecule has 1 atom stereocenters. The predicted octanol–water partition coefficient (Wildman–Crippen LogP) is 0.480. The van der Waals surface area contributed by atoms with Crippen LogP contribution in [0.15, 0.2) is 43.0 Å². The van der Waals surface area contributed by atoms with E-state index in [2.05, 4.69) is 15.4 Å². The largest absolute Gasteiger partial charge is 0.480 e. The van der Waals surface area contributed by atoms with E-state index in [4.69, 9.17) is 0 Å². The molecule has 0 saturated carbocycles. The van der Waals surface area contributed by atoms with Gasteiger partial charge in [0.1, 0.15) is 25.2 Å². The fourth-order valence-corrected chi connectivity index (χ4v) is 1.91. The van der Waals surface area contributed by atoms with E-state index in [0.717, 1.165) is 5.56 Å². The smallest absolute Gasteiger partial charge is 0.326 e. The summed E-state index contributed by atoms with van der Waals surface area (Å²) >= 11 is 0. The fourth-order valence-electron chi connectivity index (χ4n) is 1.91. The lowest BCUT2D eigenvalue weighted by Crippen LogP contribution is -2.42. The number of carbonyl (C=O) groups excluding carboxylic acids is 1. The third kappa shape index (κ3) is 4.72. The summed E-state index contributed by atoms with van der Waals surface area (Å²) in [5.41, 5.74) is 1.04. The van der Waals surface area contributed by atoms with Crippen LogP contribution in [0.5, 0.6) is 0 Å². The Morgan fingerprint density at radius 2 is 2.05 bits per heavy atom. The van der Waals surface area contributed by atoms with Crippen molar-refractivity contribution in [2.45, 2.75) is 25.4 Å². The summed E-state index contributed by atoms with van der Waals surface area (Å²) < 4.78 is 1.34. The number of aromatic nitrogens is 3. The summed E-state index contributed by atoms with van der Waals surface area (Å²) in [6, 6.07) is 8.63. The van der Waals surface area contributed by atoms with Crippen molar-refractivity contribution in [3.05, 3.63) is 48.5 Å². The van der Waals surface area contributed by atoms with Crippen LogP contribution in [0.3, 0.4) is 0 Å². The van der Waals surface area contributed by atoms with Gasteiger partial charge in [-0.05, 0) is 18.4 Å². The van der Waals surface area contributed by atoms with Gasteiger partial charge >= 0.3 is 5.97 Å². The van der Waals surface area contributed by atoms with Crippen molar-refractivity contribution in [3.8, 4) is 0 Å². The zero-order chi connectivity index (χ0) is 15.1. The number of aliphatic carboxylic acids is 1. The first-order valence-corrected chi connectivity index (χ1v) is 6.53. The first-order chi connectivity index (χ1) is 10.1. The van der Waals surface area contributed by atoms with E-state index in [1.54, 1.807) is 0 Å². The summed E-state index contributed by atoms with van der Waals surface area (Å²) in [4.78, 5) is 26.7. The predicted molar refractivity (Wildman–Crippen MR) is 74.4 cm³/mol. The minimum Gasteiger partial charge on any atom is -0.480 e. The van der Waals surface area contributed by atoms with Gasteiger partial charge < -0.3 is 10.4 Å². The summed E-state index contributed by atoms with van der Waals surface area (Å²) in [5.74, 6) is -1.45. The molecule has 0 bridgehead atoms. The summed E-state index contributed by atoms with van der Waals surface area (Å²) in [5, 5.41) is 15.5. The topological polar surface area (TPSA) is 97.1 Å². The van der Waals surface area contributed by atoms with E-state index >= 15 is 0 Å². The lowest BCUT2D eigenvalue weighted by molar-refractivity contribution is -0.142. The molecule has 7 heteroatoms. The number of carbonyl (C=O) groups is 2. The van der Waals surface area contributed by atoms with Crippen LogP contribution in [-0.4, -0.2) is 37.8 Å². The molecule has 0 fully saturated rings. The Bertz CT molecular complexity index is 584. The van der Waals surface area contributed by atoms with Gasteiger partial charge in [0.05, 0.1) is 0 Å². The molecule has 7 nitrogen and oxygen atoms in total. The number of carboxylic acids is 1. The number of benzene rings is 1. The van der Waals surface area contributed by atoms with Crippen LogP contribution in [-0.2, 0) is 22.6 Å². The van der Waals surface area contributed by atoms with Crippen molar-refractivity contribution in [1.29, 1.82) is 0 Å². The van der Waals surface area contributed by atoms with Gasteiger partial charge in [0, 0.05) is 0 Å². The zero-order valence-electron chi connectivity index (χ0n) is 11.3. The van der Waals surface area contributed by atoms with Crippen LogP contribution >= 0.6 is 0 Å². The minimum absolute atomic E-state index is 0.0465. The van der Waals surface area contributed by atoms with Crippen molar-refractivity contribution in [2.24, 2.45) is 0 Å². The van der Waals surface area contributed by atoms with Gasteiger partial charge in [-0.2, -0.15) is 5.10 Å². The lowest BCUT2D eigenvalue weighted by Gasteiger charge is -2.14. The summed E-state index contributed by atoms with van der Waals surface area (Å²) in [7, 11) is 0. The maximum absolute atomic E-state index is 11.8. The van der Waals surface area contributed by atoms with Gasteiger partial charge in [-0.1, -0.05) is 30.3 Å². The van der Waals surface area contributed by atoms with E-state index in [-0.39, 0.29) is 6.54 Å². The number of nitrogens with one attached hydrogen (secondary N) is 1. The second-order valence-electron chi connectivity index (χ2n) is 4.58. The number of hydrogen-bond acceptors (Lipinski definition) is 4. The Hall–Kier alpha value is -2.70. The maximum Gasteiger partial charge on any atom is 0.326 e. The molecule has 0 saturated heterocycles. The van der Waals surface area contributed by atoms with Crippen molar-refractivity contribution in [3.63, 3.8) is 0 Å². The first-order valence-electron chi connectivity index (χ1n) is 6.53. The summed E-state index contributed by atoms with van der Waals surface area (Å²) in [6.07, 6.45) is 3.64. The highest BCUT2D eigenvalue weighted by molar-refractivity contribution is 5.83. The van der Waals surface area contributed by atoms with E-state index < -0.39 is 17.9 Å². The molecule has 110 valence electrons. The molecule has 21 heavy (non-hydrogen) atoms. The average Bonchev–Trinajstić information content (AvgIpc) is 2.97. The van der Waals surface area contributed by atoms with Crippen molar-refractivity contribution in [1.82, 2.24) is 20.1 Å². The normalized spacial score (nSPS) is 11.8. The molecule has 1 aromatic carbocycles. The molecule has 2 rings (SSSR count). The lowest BCUT2D eigenvalue weighted by atomic mass is 10.1. The van der Waals surface area contributed by atoms with Crippen LogP contribution in [0.4, 0.5) is 0 Å². The average molecular weight is 288 g/mol. The maximum atomic E-state index is 11.8. The molecule has 0 radical (unpaired) electrons. The van der Waals surface area contributed by atoms with Gasteiger partial charge in [-0.25, -0.2) is 14.5 Å². The molecule has 2 N–H and O–H groups in total. The van der Waals surface area contributed by atoms with Gasteiger partial charge in [-0.3, -0.25) is 4.79 Å². The van der Waals surface area contributed by atoms with E-state index in [1.165, 1.54) is 17.3 Å².